The zero-order valence-corrected chi connectivity index (χ0v) is 9.70. The molecule has 17 heavy (non-hydrogen) atoms. The van der Waals surface area contributed by atoms with Crippen molar-refractivity contribution in [3.05, 3.63) is 41.7 Å². The minimum Gasteiger partial charge on any atom is -0.367 e. The van der Waals surface area contributed by atoms with Crippen LogP contribution in [-0.4, -0.2) is 21.1 Å². The number of aromatic nitrogens is 3. The van der Waals surface area contributed by atoms with Crippen molar-refractivity contribution in [2.24, 2.45) is 0 Å². The van der Waals surface area contributed by atoms with Gasteiger partial charge in [-0.1, -0.05) is 18.2 Å². The molecule has 0 bridgehead atoms. The molecule has 7 heteroatoms. The van der Waals surface area contributed by atoms with Crippen LogP contribution < -0.4 is 11.1 Å². The highest BCUT2D eigenvalue weighted by atomic mass is 35.5. The highest BCUT2D eigenvalue weighted by Gasteiger charge is 2.05. The van der Waals surface area contributed by atoms with Crippen molar-refractivity contribution >= 4 is 24.3 Å². The van der Waals surface area contributed by atoms with Gasteiger partial charge in [0.25, 0.3) is 5.91 Å². The summed E-state index contributed by atoms with van der Waals surface area (Å²) in [6.07, 6.45) is 0. The summed E-state index contributed by atoms with van der Waals surface area (Å²) in [6, 6.07) is 8.95. The number of H-pyrrole nitrogens is 1. The van der Waals surface area contributed by atoms with Crippen LogP contribution in [0.2, 0.25) is 0 Å². The van der Waals surface area contributed by atoms with E-state index >= 15 is 0 Å². The number of rotatable bonds is 3. The number of nitrogens with two attached hydrogens (primary N) is 1. The van der Waals surface area contributed by atoms with Gasteiger partial charge in [0.1, 0.15) is 5.82 Å². The molecule has 90 valence electrons. The second-order valence-corrected chi connectivity index (χ2v) is 3.19. The molecule has 1 aromatic heterocycles. The molecule has 0 unspecified atom stereocenters. The summed E-state index contributed by atoms with van der Waals surface area (Å²) in [5.74, 6) is 0.543. The van der Waals surface area contributed by atoms with Crippen molar-refractivity contribution in [1.82, 2.24) is 20.5 Å². The quantitative estimate of drug-likeness (QED) is 0.752. The third kappa shape index (κ3) is 3.46. The minimum absolute atomic E-state index is 0. The molecular weight excluding hydrogens is 242 g/mol. The fourth-order valence-electron chi connectivity index (χ4n) is 1.24. The van der Waals surface area contributed by atoms with Gasteiger partial charge in [0.05, 0.1) is 6.54 Å². The van der Waals surface area contributed by atoms with Crippen molar-refractivity contribution in [3.8, 4) is 0 Å². The first kappa shape index (κ1) is 13.0. The smallest absolute Gasteiger partial charge is 0.251 e. The summed E-state index contributed by atoms with van der Waals surface area (Å²) in [5, 5.41) is 8.97. The molecule has 0 fully saturated rings. The Balaban J connectivity index is 0.00000144. The molecular formula is C10H12ClN5O. The van der Waals surface area contributed by atoms with Crippen LogP contribution in [0.25, 0.3) is 0 Å². The number of nitrogens with zero attached hydrogens (tertiary/aromatic N) is 2. The first-order valence-corrected chi connectivity index (χ1v) is 4.76. The molecule has 0 spiro atoms. The summed E-state index contributed by atoms with van der Waals surface area (Å²) in [4.78, 5) is 15.5. The Morgan fingerprint density at radius 3 is 2.65 bits per heavy atom. The minimum atomic E-state index is -0.157. The molecule has 0 saturated heterocycles. The molecule has 0 atom stereocenters. The van der Waals surface area contributed by atoms with E-state index in [9.17, 15) is 4.79 Å². The van der Waals surface area contributed by atoms with Gasteiger partial charge in [-0.3, -0.25) is 9.89 Å². The van der Waals surface area contributed by atoms with Gasteiger partial charge in [0.2, 0.25) is 5.95 Å². The Labute approximate surface area is 104 Å². The van der Waals surface area contributed by atoms with Crippen molar-refractivity contribution in [2.75, 3.05) is 5.73 Å². The largest absolute Gasteiger partial charge is 0.367 e. The summed E-state index contributed by atoms with van der Waals surface area (Å²) in [7, 11) is 0. The lowest BCUT2D eigenvalue weighted by molar-refractivity contribution is 0.0950. The number of hydrogen-bond acceptors (Lipinski definition) is 4. The van der Waals surface area contributed by atoms with Gasteiger partial charge in [0.15, 0.2) is 0 Å². The molecule has 2 aromatic rings. The molecule has 0 aliphatic heterocycles. The number of anilines is 1. The summed E-state index contributed by atoms with van der Waals surface area (Å²) in [5.41, 5.74) is 5.94. The second kappa shape index (κ2) is 5.86. The maximum absolute atomic E-state index is 11.6. The normalized spacial score (nSPS) is 9.41. The SMILES string of the molecule is Cl.Nc1n[nH]c(CNC(=O)c2ccccc2)n1. The van der Waals surface area contributed by atoms with E-state index in [0.29, 0.717) is 11.4 Å². The number of nitrogens with one attached hydrogen (secondary N) is 2. The first-order chi connectivity index (χ1) is 7.75. The Morgan fingerprint density at radius 2 is 2.06 bits per heavy atom. The van der Waals surface area contributed by atoms with Crippen molar-refractivity contribution < 1.29 is 4.79 Å². The highest BCUT2D eigenvalue weighted by Crippen LogP contribution is 1.99. The molecule has 1 heterocycles. The maximum Gasteiger partial charge on any atom is 0.251 e. The van der Waals surface area contributed by atoms with Crippen LogP contribution in [0.5, 0.6) is 0 Å². The zero-order valence-electron chi connectivity index (χ0n) is 8.88. The van der Waals surface area contributed by atoms with Crippen LogP contribution in [0, 0.1) is 0 Å². The number of hydrogen-bond donors (Lipinski definition) is 3. The van der Waals surface area contributed by atoms with Gasteiger partial charge in [-0.05, 0) is 12.1 Å². The number of aromatic amines is 1. The van der Waals surface area contributed by atoms with E-state index in [2.05, 4.69) is 20.5 Å². The van der Waals surface area contributed by atoms with Gasteiger partial charge in [0, 0.05) is 5.56 Å². The van der Waals surface area contributed by atoms with Gasteiger partial charge in [-0.15, -0.1) is 17.5 Å². The lowest BCUT2D eigenvalue weighted by atomic mass is 10.2. The van der Waals surface area contributed by atoms with Crippen LogP contribution in [0.3, 0.4) is 0 Å². The van der Waals surface area contributed by atoms with E-state index in [1.54, 1.807) is 24.3 Å². The average Bonchev–Trinajstić information content (AvgIpc) is 2.73. The third-order valence-electron chi connectivity index (χ3n) is 2.00. The van der Waals surface area contributed by atoms with Crippen molar-refractivity contribution in [1.29, 1.82) is 0 Å². The topological polar surface area (TPSA) is 96.7 Å². The Morgan fingerprint density at radius 1 is 1.35 bits per heavy atom. The van der Waals surface area contributed by atoms with Crippen LogP contribution in [0.1, 0.15) is 16.2 Å². The highest BCUT2D eigenvalue weighted by molar-refractivity contribution is 5.93. The van der Waals surface area contributed by atoms with E-state index in [1.807, 2.05) is 6.07 Å². The Hall–Kier alpha value is -2.08. The lowest BCUT2D eigenvalue weighted by Gasteiger charge is -2.01. The number of carbonyl (C=O) groups excluding carboxylic acids is 1. The Bertz CT molecular complexity index is 484. The standard InChI is InChI=1S/C10H11N5O.ClH/c11-10-13-8(14-15-10)6-12-9(16)7-4-2-1-3-5-7;/h1-5H,6H2,(H,12,16)(H3,11,13,14,15);1H. The van der Waals surface area contributed by atoms with Gasteiger partial charge in [-0.25, -0.2) is 0 Å². The number of halogens is 1. The number of nitrogen functional groups attached to an aromatic ring is 1. The zero-order chi connectivity index (χ0) is 11.4. The average molecular weight is 254 g/mol. The molecule has 0 saturated carbocycles. The van der Waals surface area contributed by atoms with Crippen molar-refractivity contribution in [2.45, 2.75) is 6.54 Å². The van der Waals surface area contributed by atoms with Gasteiger partial charge in [-0.2, -0.15) is 4.98 Å². The van der Waals surface area contributed by atoms with Gasteiger partial charge < -0.3 is 11.1 Å². The van der Waals surface area contributed by atoms with Crippen molar-refractivity contribution in [3.63, 3.8) is 0 Å². The fraction of sp³-hybridized carbons (Fsp3) is 0.100. The fourth-order valence-corrected chi connectivity index (χ4v) is 1.24. The predicted molar refractivity (Wildman–Crippen MR) is 65.7 cm³/mol. The Kier molecular flexibility index (Phi) is 4.47. The van der Waals surface area contributed by atoms with Crippen LogP contribution in [0.4, 0.5) is 5.95 Å². The van der Waals surface area contributed by atoms with Crippen LogP contribution in [0.15, 0.2) is 30.3 Å². The van der Waals surface area contributed by atoms with Crippen LogP contribution >= 0.6 is 12.4 Å². The molecule has 0 radical (unpaired) electrons. The van der Waals surface area contributed by atoms with E-state index in [-0.39, 0.29) is 30.8 Å². The molecule has 6 nitrogen and oxygen atoms in total. The number of carbonyl (C=O) groups is 1. The molecule has 0 aliphatic rings. The number of amides is 1. The maximum atomic E-state index is 11.6. The third-order valence-corrected chi connectivity index (χ3v) is 2.00. The summed E-state index contributed by atoms with van der Waals surface area (Å²) in [6.45, 7) is 0.276. The molecule has 2 rings (SSSR count). The lowest BCUT2D eigenvalue weighted by Crippen LogP contribution is -2.23. The summed E-state index contributed by atoms with van der Waals surface area (Å²) < 4.78 is 0. The number of benzene rings is 1. The summed E-state index contributed by atoms with van der Waals surface area (Å²) >= 11 is 0. The molecule has 1 amide bonds. The van der Waals surface area contributed by atoms with E-state index in [4.69, 9.17) is 5.73 Å². The molecule has 1 aromatic carbocycles. The van der Waals surface area contributed by atoms with E-state index in [0.717, 1.165) is 0 Å². The van der Waals surface area contributed by atoms with E-state index in [1.165, 1.54) is 0 Å². The van der Waals surface area contributed by atoms with Gasteiger partial charge >= 0.3 is 0 Å². The second-order valence-electron chi connectivity index (χ2n) is 3.19. The monoisotopic (exact) mass is 253 g/mol. The van der Waals surface area contributed by atoms with E-state index < -0.39 is 0 Å². The van der Waals surface area contributed by atoms with Crippen LogP contribution in [-0.2, 0) is 6.54 Å². The predicted octanol–water partition coefficient (Wildman–Crippen LogP) is 0.739. The molecule has 0 aliphatic carbocycles. The molecule has 4 N–H and O–H groups in total. The first-order valence-electron chi connectivity index (χ1n) is 4.76.